The van der Waals surface area contributed by atoms with Crippen LogP contribution in [0.25, 0.3) is 0 Å². The summed E-state index contributed by atoms with van der Waals surface area (Å²) >= 11 is 0. The van der Waals surface area contributed by atoms with Crippen molar-refractivity contribution in [1.82, 2.24) is 5.32 Å². The molecule has 0 saturated heterocycles. The highest BCUT2D eigenvalue weighted by Crippen LogP contribution is 2.39. The summed E-state index contributed by atoms with van der Waals surface area (Å²) in [5.74, 6) is -3.76. The third-order valence-electron chi connectivity index (χ3n) is 6.29. The van der Waals surface area contributed by atoms with E-state index in [9.17, 15) is 22.8 Å². The van der Waals surface area contributed by atoms with E-state index in [0.717, 1.165) is 16.8 Å². The van der Waals surface area contributed by atoms with Gasteiger partial charge >= 0.3 is 0 Å². The Bertz CT molecular complexity index is 981. The number of fused-ring (bicyclic) bond motifs is 1. The van der Waals surface area contributed by atoms with Crippen LogP contribution in [-0.4, -0.2) is 24.3 Å². The van der Waals surface area contributed by atoms with Crippen LogP contribution in [0, 0.1) is 11.7 Å². The monoisotopic (exact) mass is 430 g/mol. The minimum atomic E-state index is -2.65. The van der Waals surface area contributed by atoms with Crippen LogP contribution in [0.15, 0.2) is 42.5 Å². The molecule has 1 atom stereocenters. The summed E-state index contributed by atoms with van der Waals surface area (Å²) in [5.41, 5.74) is 3.11. The Kier molecular flexibility index (Phi) is 5.77. The van der Waals surface area contributed by atoms with Gasteiger partial charge in [0, 0.05) is 36.6 Å². The van der Waals surface area contributed by atoms with E-state index < -0.39 is 11.7 Å². The number of anilines is 1. The zero-order valence-electron chi connectivity index (χ0n) is 17.3. The Morgan fingerprint density at radius 2 is 1.77 bits per heavy atom. The van der Waals surface area contributed by atoms with Crippen LogP contribution in [0.1, 0.15) is 60.1 Å². The van der Waals surface area contributed by atoms with E-state index >= 15 is 0 Å². The zero-order chi connectivity index (χ0) is 22.2. The lowest BCUT2D eigenvalue weighted by Crippen LogP contribution is -2.38. The highest BCUT2D eigenvalue weighted by Gasteiger charge is 2.39. The summed E-state index contributed by atoms with van der Waals surface area (Å²) in [6, 6.07) is 10.8. The van der Waals surface area contributed by atoms with Crippen molar-refractivity contribution < 1.29 is 22.8 Å². The Hall–Kier alpha value is -2.83. The molecule has 1 heterocycles. The van der Waals surface area contributed by atoms with Gasteiger partial charge in [0.05, 0.1) is 6.04 Å². The molecule has 1 N–H and O–H groups in total. The molecule has 0 spiro atoms. The molecule has 1 fully saturated rings. The number of benzene rings is 2. The van der Waals surface area contributed by atoms with E-state index in [2.05, 4.69) is 5.32 Å². The van der Waals surface area contributed by atoms with E-state index in [0.29, 0.717) is 18.5 Å². The van der Waals surface area contributed by atoms with Gasteiger partial charge in [0.1, 0.15) is 5.82 Å². The smallest absolute Gasteiger partial charge is 0.251 e. The highest BCUT2D eigenvalue weighted by atomic mass is 19.3. The van der Waals surface area contributed by atoms with Crippen LogP contribution in [-0.2, 0) is 11.2 Å². The maximum atomic E-state index is 13.4. The van der Waals surface area contributed by atoms with Gasteiger partial charge in [0.15, 0.2) is 0 Å². The number of alkyl halides is 2. The van der Waals surface area contributed by atoms with Crippen LogP contribution in [0.3, 0.4) is 0 Å². The molecule has 1 unspecified atom stereocenters. The number of hydrogen-bond donors (Lipinski definition) is 1. The second kappa shape index (κ2) is 8.36. The molecule has 2 aromatic carbocycles. The molecule has 7 heteroatoms. The molecular formula is C24H25F3N2O2. The molecule has 0 radical (unpaired) electrons. The van der Waals surface area contributed by atoms with Gasteiger partial charge in [-0.2, -0.15) is 0 Å². The van der Waals surface area contributed by atoms with Crippen molar-refractivity contribution in [2.75, 3.05) is 11.4 Å². The molecule has 2 amide bonds. The van der Waals surface area contributed by atoms with Crippen molar-refractivity contribution in [3.63, 3.8) is 0 Å². The molecule has 164 valence electrons. The summed E-state index contributed by atoms with van der Waals surface area (Å²) in [4.78, 5) is 27.0. The first kappa shape index (κ1) is 21.4. The third-order valence-corrected chi connectivity index (χ3v) is 6.29. The van der Waals surface area contributed by atoms with Gasteiger partial charge in [-0.15, -0.1) is 0 Å². The maximum Gasteiger partial charge on any atom is 0.251 e. The van der Waals surface area contributed by atoms with Crippen molar-refractivity contribution in [3.8, 4) is 0 Å². The number of amides is 2. The second-order valence-corrected chi connectivity index (χ2v) is 8.46. The standard InChI is InChI=1S/C24H25F3N2O2/c1-15(28-22(30)16-2-5-20(25)6-3-16)18-4-7-21-19(14-18)10-13-29(21)23(31)17-8-11-24(26,27)12-9-17/h2-7,14-15,17H,8-13H2,1H3,(H,28,30). The number of halogens is 3. The first-order chi connectivity index (χ1) is 14.7. The number of carbonyl (C=O) groups excluding carboxylic acids is 2. The van der Waals surface area contributed by atoms with E-state index in [1.54, 1.807) is 4.90 Å². The first-order valence-electron chi connectivity index (χ1n) is 10.6. The number of hydrogen-bond acceptors (Lipinski definition) is 2. The molecule has 31 heavy (non-hydrogen) atoms. The summed E-state index contributed by atoms with van der Waals surface area (Å²) in [6.45, 7) is 2.41. The van der Waals surface area contributed by atoms with E-state index in [-0.39, 0.29) is 49.5 Å². The number of carbonyl (C=O) groups is 2. The fourth-order valence-corrected chi connectivity index (χ4v) is 4.39. The van der Waals surface area contributed by atoms with Crippen LogP contribution in [0.2, 0.25) is 0 Å². The van der Waals surface area contributed by atoms with Crippen molar-refractivity contribution in [1.29, 1.82) is 0 Å². The van der Waals surface area contributed by atoms with Gasteiger partial charge in [0.2, 0.25) is 11.8 Å². The highest BCUT2D eigenvalue weighted by molar-refractivity contribution is 5.97. The predicted molar refractivity (Wildman–Crippen MR) is 112 cm³/mol. The lowest BCUT2D eigenvalue weighted by molar-refractivity contribution is -0.126. The number of nitrogens with zero attached hydrogens (tertiary/aromatic N) is 1. The molecule has 0 bridgehead atoms. The SMILES string of the molecule is CC(NC(=O)c1ccc(F)cc1)c1ccc2c(c1)CCN2C(=O)C1CCC(F)(F)CC1. The summed E-state index contributed by atoms with van der Waals surface area (Å²) in [5, 5.41) is 2.90. The summed E-state index contributed by atoms with van der Waals surface area (Å²) in [6.07, 6.45) is 0.684. The van der Waals surface area contributed by atoms with E-state index in [1.807, 2.05) is 25.1 Å². The fourth-order valence-electron chi connectivity index (χ4n) is 4.39. The molecule has 1 saturated carbocycles. The number of nitrogens with one attached hydrogen (secondary N) is 1. The molecule has 1 aliphatic heterocycles. The lowest BCUT2D eigenvalue weighted by atomic mass is 9.86. The summed E-state index contributed by atoms with van der Waals surface area (Å²) in [7, 11) is 0. The average molecular weight is 430 g/mol. The molecule has 2 aliphatic rings. The average Bonchev–Trinajstić information content (AvgIpc) is 3.17. The summed E-state index contributed by atoms with van der Waals surface area (Å²) < 4.78 is 39.9. The normalized spacial score (nSPS) is 19.0. The Morgan fingerprint density at radius 3 is 2.45 bits per heavy atom. The third kappa shape index (κ3) is 4.60. The van der Waals surface area contributed by atoms with Gasteiger partial charge in [-0.25, -0.2) is 13.2 Å². The Balaban J connectivity index is 1.42. The van der Waals surface area contributed by atoms with Gasteiger partial charge < -0.3 is 10.2 Å². The van der Waals surface area contributed by atoms with Crippen molar-refractivity contribution in [3.05, 3.63) is 65.0 Å². The van der Waals surface area contributed by atoms with Crippen LogP contribution in [0.5, 0.6) is 0 Å². The van der Waals surface area contributed by atoms with Crippen molar-refractivity contribution >= 4 is 17.5 Å². The van der Waals surface area contributed by atoms with Crippen LogP contribution in [0.4, 0.5) is 18.9 Å². The maximum absolute atomic E-state index is 13.4. The quantitative estimate of drug-likeness (QED) is 0.740. The molecule has 1 aliphatic carbocycles. The first-order valence-corrected chi connectivity index (χ1v) is 10.6. The largest absolute Gasteiger partial charge is 0.346 e. The fraction of sp³-hybridized carbons (Fsp3) is 0.417. The number of rotatable bonds is 4. The van der Waals surface area contributed by atoms with Gasteiger partial charge in [-0.1, -0.05) is 12.1 Å². The van der Waals surface area contributed by atoms with Crippen LogP contribution < -0.4 is 10.2 Å². The van der Waals surface area contributed by atoms with Gasteiger partial charge in [0.25, 0.3) is 5.91 Å². The lowest BCUT2D eigenvalue weighted by Gasteiger charge is -2.30. The minimum absolute atomic E-state index is 0.0698. The molecule has 2 aromatic rings. The predicted octanol–water partition coefficient (Wildman–Crippen LogP) is 5.03. The zero-order valence-corrected chi connectivity index (χ0v) is 17.3. The van der Waals surface area contributed by atoms with Gasteiger partial charge in [-0.05, 0) is 67.6 Å². The topological polar surface area (TPSA) is 49.4 Å². The van der Waals surface area contributed by atoms with Crippen LogP contribution >= 0.6 is 0 Å². The van der Waals surface area contributed by atoms with E-state index in [1.165, 1.54) is 24.3 Å². The molecular weight excluding hydrogens is 405 g/mol. The Labute approximate surface area is 179 Å². The molecule has 4 nitrogen and oxygen atoms in total. The Morgan fingerprint density at radius 1 is 1.10 bits per heavy atom. The second-order valence-electron chi connectivity index (χ2n) is 8.46. The van der Waals surface area contributed by atoms with Crippen molar-refractivity contribution in [2.24, 2.45) is 5.92 Å². The molecule has 0 aromatic heterocycles. The molecule has 4 rings (SSSR count). The van der Waals surface area contributed by atoms with Crippen molar-refractivity contribution in [2.45, 2.75) is 51.0 Å². The van der Waals surface area contributed by atoms with Gasteiger partial charge in [-0.3, -0.25) is 9.59 Å². The van der Waals surface area contributed by atoms with E-state index in [4.69, 9.17) is 0 Å². The minimum Gasteiger partial charge on any atom is -0.346 e.